The Morgan fingerprint density at radius 3 is 1.69 bits per heavy atom. The van der Waals surface area contributed by atoms with Crippen molar-refractivity contribution in [1.29, 1.82) is 0 Å². The zero-order chi connectivity index (χ0) is 27.3. The average Bonchev–Trinajstić information content (AvgIpc) is 2.93. The first-order valence-electron chi connectivity index (χ1n) is 10.2. The van der Waals surface area contributed by atoms with Crippen LogP contribution in [0.1, 0.15) is 42.2 Å². The molecule has 0 amide bonds. The first-order chi connectivity index (χ1) is 17.3. The van der Waals surface area contributed by atoms with Crippen molar-refractivity contribution in [2.75, 3.05) is 27.5 Å². The van der Waals surface area contributed by atoms with Crippen molar-refractivity contribution in [2.24, 2.45) is 0 Å². The number of aldehydes is 1. The number of methoxy groups -OCH3 is 2. The maximum Gasteiger partial charge on any atom is 0.339 e. The van der Waals surface area contributed by atoms with E-state index >= 15 is 0 Å². The Morgan fingerprint density at radius 1 is 0.833 bits per heavy atom. The minimum Gasteiger partial charge on any atom is -0.465 e. The van der Waals surface area contributed by atoms with Gasteiger partial charge in [0.2, 0.25) is 0 Å². The van der Waals surface area contributed by atoms with Crippen molar-refractivity contribution >= 4 is 42.7 Å². The van der Waals surface area contributed by atoms with E-state index in [0.29, 0.717) is 23.0 Å². The molecule has 0 aromatic carbocycles. The van der Waals surface area contributed by atoms with Gasteiger partial charge in [-0.3, -0.25) is 19.7 Å². The fourth-order valence-electron chi connectivity index (χ4n) is 2.10. The number of halogens is 1. The largest absolute Gasteiger partial charge is 0.465 e. The van der Waals surface area contributed by atoms with Crippen LogP contribution in [0.2, 0.25) is 0 Å². The standard InChI is InChI=1S/C8H9NO3.C8H7NO3.C6H6BrNO.C2H7P/c2*1-12-8(11)7-2-6(5-10)3-9-4-7;7-6-1-5(4-9)2-8-3-6;1-3-2/h2-4,10H,5H2,1H3;2-5H,1H3;1-3,9H,4H2;3H,1-2H3. The summed E-state index contributed by atoms with van der Waals surface area (Å²) in [5.41, 5.74) is 2.41. The van der Waals surface area contributed by atoms with Gasteiger partial charge in [-0.1, -0.05) is 0 Å². The third-order valence-corrected chi connectivity index (χ3v) is 4.09. The highest BCUT2D eigenvalue weighted by Crippen LogP contribution is 2.08. The number of nitrogens with zero attached hydrogens (tertiary/aromatic N) is 3. The lowest BCUT2D eigenvalue weighted by Crippen LogP contribution is -2.02. The third kappa shape index (κ3) is 13.7. The van der Waals surface area contributed by atoms with Gasteiger partial charge in [-0.2, -0.15) is 0 Å². The Labute approximate surface area is 220 Å². The number of hydrogen-bond acceptors (Lipinski definition) is 10. The van der Waals surface area contributed by atoms with Crippen LogP contribution in [0.4, 0.5) is 0 Å². The van der Waals surface area contributed by atoms with Crippen LogP contribution >= 0.6 is 24.5 Å². The molecular weight excluding hydrogens is 553 g/mol. The van der Waals surface area contributed by atoms with Crippen molar-refractivity contribution in [1.82, 2.24) is 15.0 Å². The van der Waals surface area contributed by atoms with Gasteiger partial charge in [0.15, 0.2) is 6.29 Å². The van der Waals surface area contributed by atoms with Gasteiger partial charge in [-0.25, -0.2) is 9.59 Å². The molecule has 194 valence electrons. The second-order valence-electron chi connectivity index (χ2n) is 6.52. The van der Waals surface area contributed by atoms with Crippen molar-refractivity contribution in [3.8, 4) is 0 Å². The molecule has 0 aliphatic carbocycles. The Balaban J connectivity index is 0.000000488. The lowest BCUT2D eigenvalue weighted by Gasteiger charge is -1.99. The van der Waals surface area contributed by atoms with Crippen LogP contribution in [0.15, 0.2) is 59.9 Å². The molecule has 36 heavy (non-hydrogen) atoms. The topological polar surface area (TPSA) is 149 Å². The lowest BCUT2D eigenvalue weighted by molar-refractivity contribution is 0.0591. The highest BCUT2D eigenvalue weighted by Gasteiger charge is 2.06. The second kappa shape index (κ2) is 20.1. The second-order valence-corrected chi connectivity index (χ2v) is 8.43. The van der Waals surface area contributed by atoms with Gasteiger partial charge < -0.3 is 19.7 Å². The van der Waals surface area contributed by atoms with Crippen LogP contribution in [0.5, 0.6) is 0 Å². The van der Waals surface area contributed by atoms with E-state index in [2.05, 4.69) is 53.7 Å². The van der Waals surface area contributed by atoms with Gasteiger partial charge in [0.05, 0.1) is 38.6 Å². The molecule has 3 aromatic heterocycles. The molecule has 2 N–H and O–H groups in total. The Morgan fingerprint density at radius 2 is 1.28 bits per heavy atom. The van der Waals surface area contributed by atoms with Crippen LogP contribution in [0.3, 0.4) is 0 Å². The summed E-state index contributed by atoms with van der Waals surface area (Å²) in [6, 6.07) is 4.79. The minimum atomic E-state index is -0.494. The maximum absolute atomic E-state index is 10.9. The number of rotatable bonds is 5. The summed E-state index contributed by atoms with van der Waals surface area (Å²) in [5.74, 6) is -0.941. The highest BCUT2D eigenvalue weighted by molar-refractivity contribution is 9.10. The molecule has 0 unspecified atom stereocenters. The molecular formula is C24H29BrN3O7P. The van der Waals surface area contributed by atoms with Crippen molar-refractivity contribution in [3.63, 3.8) is 0 Å². The zero-order valence-corrected chi connectivity index (χ0v) is 22.9. The molecule has 0 spiro atoms. The summed E-state index contributed by atoms with van der Waals surface area (Å²) in [6.07, 6.45) is 9.54. The first-order valence-corrected chi connectivity index (χ1v) is 13.0. The van der Waals surface area contributed by atoms with Crippen LogP contribution < -0.4 is 0 Å². The van der Waals surface area contributed by atoms with Crippen LogP contribution in [-0.4, -0.2) is 70.9 Å². The summed E-state index contributed by atoms with van der Waals surface area (Å²) in [6.45, 7) is 4.23. The number of carbonyl (C=O) groups is 3. The third-order valence-electron chi connectivity index (χ3n) is 3.66. The van der Waals surface area contributed by atoms with Crippen molar-refractivity contribution < 1.29 is 34.1 Å². The van der Waals surface area contributed by atoms with E-state index in [-0.39, 0.29) is 18.8 Å². The van der Waals surface area contributed by atoms with E-state index in [1.165, 1.54) is 45.1 Å². The number of aliphatic hydroxyl groups excluding tert-OH is 2. The molecule has 3 heterocycles. The summed E-state index contributed by atoms with van der Waals surface area (Å²) in [5, 5.41) is 17.3. The van der Waals surface area contributed by atoms with E-state index < -0.39 is 11.9 Å². The van der Waals surface area contributed by atoms with E-state index in [9.17, 15) is 14.4 Å². The highest BCUT2D eigenvalue weighted by atomic mass is 79.9. The molecule has 12 heteroatoms. The van der Waals surface area contributed by atoms with E-state index in [0.717, 1.165) is 18.6 Å². The van der Waals surface area contributed by atoms with Gasteiger partial charge >= 0.3 is 11.9 Å². The monoisotopic (exact) mass is 581 g/mol. The average molecular weight is 582 g/mol. The smallest absolute Gasteiger partial charge is 0.339 e. The molecule has 0 fully saturated rings. The zero-order valence-electron chi connectivity index (χ0n) is 20.3. The van der Waals surface area contributed by atoms with Gasteiger partial charge in [-0.15, -0.1) is 8.58 Å². The number of aliphatic hydroxyl groups is 2. The molecule has 10 nitrogen and oxygen atoms in total. The molecule has 3 aromatic rings. The molecule has 0 bridgehead atoms. The maximum atomic E-state index is 10.9. The number of hydrogen-bond donors (Lipinski definition) is 2. The van der Waals surface area contributed by atoms with Crippen LogP contribution in [0.25, 0.3) is 0 Å². The molecule has 0 radical (unpaired) electrons. The number of esters is 2. The molecule has 0 saturated carbocycles. The van der Waals surface area contributed by atoms with Gasteiger partial charge in [0, 0.05) is 47.2 Å². The Hall–Kier alpha value is -3.11. The number of ether oxygens (including phenoxy) is 2. The summed E-state index contributed by atoms with van der Waals surface area (Å²) in [7, 11) is 3.66. The van der Waals surface area contributed by atoms with Crippen molar-refractivity contribution in [2.45, 2.75) is 13.2 Å². The van der Waals surface area contributed by atoms with E-state index in [4.69, 9.17) is 10.2 Å². The Bertz CT molecular complexity index is 1090. The van der Waals surface area contributed by atoms with Crippen molar-refractivity contribution in [3.05, 3.63) is 87.7 Å². The van der Waals surface area contributed by atoms with E-state index in [1.807, 2.05) is 6.07 Å². The van der Waals surface area contributed by atoms with Gasteiger partial charge in [-0.05, 0) is 58.6 Å². The predicted molar refractivity (Wildman–Crippen MR) is 140 cm³/mol. The van der Waals surface area contributed by atoms with Gasteiger partial charge in [0.25, 0.3) is 0 Å². The lowest BCUT2D eigenvalue weighted by atomic mass is 10.2. The van der Waals surface area contributed by atoms with Gasteiger partial charge in [0.1, 0.15) is 0 Å². The van der Waals surface area contributed by atoms with Crippen LogP contribution in [-0.2, 0) is 22.7 Å². The molecule has 0 aliphatic rings. The first kappa shape index (κ1) is 32.9. The normalized spacial score (nSPS) is 9.08. The number of aromatic nitrogens is 3. The predicted octanol–water partition coefficient (Wildman–Crippen LogP) is 3.30. The fourth-order valence-corrected chi connectivity index (χ4v) is 2.51. The number of carbonyl (C=O) groups excluding carboxylic acids is 3. The number of pyridine rings is 3. The SMILES string of the molecule is COC(=O)c1cncc(C=O)c1.COC(=O)c1cncc(CO)c1.CPC.OCc1cncc(Br)c1. The summed E-state index contributed by atoms with van der Waals surface area (Å²) in [4.78, 5) is 43.4. The minimum absolute atomic E-state index is 0.0481. The van der Waals surface area contributed by atoms with Crippen LogP contribution in [0, 0.1) is 0 Å². The summed E-state index contributed by atoms with van der Waals surface area (Å²) >= 11 is 3.23. The summed E-state index contributed by atoms with van der Waals surface area (Å²) < 4.78 is 9.81. The quantitative estimate of drug-likeness (QED) is 0.261. The molecule has 0 atom stereocenters. The fraction of sp³-hybridized carbons (Fsp3) is 0.250. The van der Waals surface area contributed by atoms with E-state index in [1.54, 1.807) is 18.5 Å². The molecule has 3 rings (SSSR count). The molecule has 0 aliphatic heterocycles. The Kier molecular flexibility index (Phi) is 18.4. The molecule has 0 saturated heterocycles.